The van der Waals surface area contributed by atoms with Crippen molar-refractivity contribution in [2.75, 3.05) is 40.3 Å². The van der Waals surface area contributed by atoms with Crippen LogP contribution in [0.25, 0.3) is 11.1 Å². The van der Waals surface area contributed by atoms with Gasteiger partial charge in [0.05, 0.1) is 18.5 Å². The number of hydrogen-bond donors (Lipinski definition) is 3. The van der Waals surface area contributed by atoms with Crippen LogP contribution in [0.2, 0.25) is 0 Å². The molecule has 1 aliphatic rings. The van der Waals surface area contributed by atoms with Gasteiger partial charge in [-0.2, -0.15) is 0 Å². The molecule has 50 heavy (non-hydrogen) atoms. The van der Waals surface area contributed by atoms with Crippen LogP contribution in [0.5, 0.6) is 0 Å². The number of carboxylic acid groups (broad SMARTS) is 1. The number of aldehydes is 2. The normalized spacial score (nSPS) is 13.7. The second-order valence-electron chi connectivity index (χ2n) is 13.6. The van der Waals surface area contributed by atoms with E-state index >= 15 is 0 Å². The molecule has 3 N–H and O–H groups in total. The van der Waals surface area contributed by atoms with Crippen LogP contribution < -0.4 is 16.2 Å². The van der Waals surface area contributed by atoms with Gasteiger partial charge in [-0.25, -0.2) is 8.78 Å². The Hall–Kier alpha value is -4.06. The summed E-state index contributed by atoms with van der Waals surface area (Å²) in [5.41, 5.74) is 5.15. The number of aromatic nitrogens is 1. The summed E-state index contributed by atoms with van der Waals surface area (Å²) in [5.74, 6) is -0.471. The Balaban J connectivity index is 0.000000415. The lowest BCUT2D eigenvalue weighted by Crippen LogP contribution is -2.57. The van der Waals surface area contributed by atoms with E-state index in [1.807, 2.05) is 24.8 Å². The smallest absolute Gasteiger partial charge is 0.305 e. The van der Waals surface area contributed by atoms with Crippen molar-refractivity contribution in [1.29, 1.82) is 0 Å². The van der Waals surface area contributed by atoms with Gasteiger partial charge in [0.25, 0.3) is 5.56 Å². The lowest BCUT2D eigenvalue weighted by molar-refractivity contribution is -0.137. The molecule has 1 unspecified atom stereocenters. The molecule has 0 spiro atoms. The number of carboxylic acids is 1. The van der Waals surface area contributed by atoms with Crippen molar-refractivity contribution in [3.05, 3.63) is 92.1 Å². The summed E-state index contributed by atoms with van der Waals surface area (Å²) in [5, 5.41) is 14.6. The number of likely N-dealkylation sites (N-methyl/N-ethyl adjacent to an activating group) is 1. The largest absolute Gasteiger partial charge is 0.481 e. The van der Waals surface area contributed by atoms with Crippen molar-refractivity contribution in [1.82, 2.24) is 20.1 Å². The summed E-state index contributed by atoms with van der Waals surface area (Å²) in [6.07, 6.45) is 2.85. The van der Waals surface area contributed by atoms with Crippen LogP contribution >= 0.6 is 0 Å². The predicted octanol–water partition coefficient (Wildman–Crippen LogP) is 6.23. The van der Waals surface area contributed by atoms with Crippen LogP contribution in [0, 0.1) is 39.4 Å². The first kappa shape index (κ1) is 44.0. The summed E-state index contributed by atoms with van der Waals surface area (Å²) in [4.78, 5) is 44.6. The molecule has 1 saturated heterocycles. The molecule has 0 bridgehead atoms. The Bertz CT molecular complexity index is 1590. The highest BCUT2D eigenvalue weighted by Gasteiger charge is 2.38. The first-order valence-corrected chi connectivity index (χ1v) is 16.8. The number of hydrogen-bond acceptors (Lipinski definition) is 7. The van der Waals surface area contributed by atoms with Crippen LogP contribution in [0.15, 0.2) is 47.4 Å². The minimum absolute atomic E-state index is 0.159. The van der Waals surface area contributed by atoms with Gasteiger partial charge in [0.1, 0.15) is 17.8 Å². The van der Waals surface area contributed by atoms with Gasteiger partial charge in [-0.1, -0.05) is 38.5 Å². The minimum atomic E-state index is -1.09. The first-order chi connectivity index (χ1) is 23.4. The third kappa shape index (κ3) is 14.4. The highest BCUT2D eigenvalue weighted by molar-refractivity contribution is 5.74. The van der Waals surface area contributed by atoms with Crippen molar-refractivity contribution >= 4 is 18.5 Å². The van der Waals surface area contributed by atoms with E-state index in [4.69, 9.17) is 5.11 Å². The first-order valence-electron chi connectivity index (χ1n) is 16.8. The van der Waals surface area contributed by atoms with E-state index in [-0.39, 0.29) is 23.4 Å². The minimum Gasteiger partial charge on any atom is -0.481 e. The van der Waals surface area contributed by atoms with Crippen LogP contribution in [-0.4, -0.2) is 79.1 Å². The molecule has 3 aromatic rings. The van der Waals surface area contributed by atoms with Gasteiger partial charge in [0, 0.05) is 44.0 Å². The highest BCUT2D eigenvalue weighted by atomic mass is 19.1. The number of aliphatic carboxylic acids is 1. The number of carbonyl (C=O) groups is 3. The van der Waals surface area contributed by atoms with Crippen molar-refractivity contribution in [3.8, 4) is 11.1 Å². The summed E-state index contributed by atoms with van der Waals surface area (Å²) in [7, 11) is 3.38. The van der Waals surface area contributed by atoms with E-state index < -0.39 is 17.7 Å². The van der Waals surface area contributed by atoms with Gasteiger partial charge in [-0.05, 0) is 107 Å². The van der Waals surface area contributed by atoms with E-state index in [9.17, 15) is 28.0 Å². The molecule has 0 amide bonds. The summed E-state index contributed by atoms with van der Waals surface area (Å²) >= 11 is 0. The maximum Gasteiger partial charge on any atom is 0.305 e. The Kier molecular flexibility index (Phi) is 18.7. The molecule has 1 fully saturated rings. The monoisotopic (exact) mass is 698 g/mol. The molecule has 0 radical (unpaired) electrons. The fraction of sp³-hybridized carbons (Fsp3) is 0.487. The third-order valence-electron chi connectivity index (χ3n) is 7.58. The number of alkyl halides is 1. The number of aryl methyl sites for hydroxylation is 4. The fourth-order valence-corrected chi connectivity index (χ4v) is 5.57. The SMILES string of the molecule is CC(C)C.CC1(F)CN(CCn2cccc(C=O)c2=O)C1.CNC(CC(=O)O)c1cc(-c2c(C)cc(C)cc2C)cc(C)c1F.CNCC=O. The van der Waals surface area contributed by atoms with Crippen LogP contribution in [-0.2, 0) is 16.1 Å². The Morgan fingerprint density at radius 2 is 1.58 bits per heavy atom. The molecule has 4 rings (SSSR count). The molecule has 276 valence electrons. The van der Waals surface area contributed by atoms with Gasteiger partial charge in [0.2, 0.25) is 0 Å². The average molecular weight is 699 g/mol. The Morgan fingerprint density at radius 1 is 1.00 bits per heavy atom. The lowest BCUT2D eigenvalue weighted by Gasteiger charge is -2.42. The number of likely N-dealkylation sites (tertiary alicyclic amines) is 1. The predicted molar refractivity (Wildman–Crippen MR) is 197 cm³/mol. The van der Waals surface area contributed by atoms with Crippen LogP contribution in [0.1, 0.15) is 78.3 Å². The zero-order valence-corrected chi connectivity index (χ0v) is 31.3. The van der Waals surface area contributed by atoms with Crippen molar-refractivity contribution in [2.45, 2.75) is 80.1 Å². The summed E-state index contributed by atoms with van der Waals surface area (Å²) in [6.45, 7) is 18.3. The maximum absolute atomic E-state index is 14.6. The molecular formula is C39H56F2N4O5. The number of benzene rings is 2. The van der Waals surface area contributed by atoms with Gasteiger partial charge < -0.3 is 25.1 Å². The van der Waals surface area contributed by atoms with E-state index in [0.717, 1.165) is 34.5 Å². The fourth-order valence-electron chi connectivity index (χ4n) is 5.57. The van der Waals surface area contributed by atoms with Gasteiger partial charge in [-0.15, -0.1) is 0 Å². The molecular weight excluding hydrogens is 642 g/mol. The van der Waals surface area contributed by atoms with Crippen LogP contribution in [0.3, 0.4) is 0 Å². The van der Waals surface area contributed by atoms with E-state index in [1.165, 1.54) is 16.2 Å². The van der Waals surface area contributed by atoms with Gasteiger partial charge >= 0.3 is 5.97 Å². The van der Waals surface area contributed by atoms with E-state index in [1.54, 1.807) is 46.3 Å². The topological polar surface area (TPSA) is 121 Å². The molecule has 1 aromatic heterocycles. The average Bonchev–Trinajstić information content (AvgIpc) is 3.00. The zero-order chi connectivity index (χ0) is 38.2. The molecule has 2 aromatic carbocycles. The standard InChI is InChI=1S/C20H24FNO2.C12H15FN2O2.C4H10.C3H7NO/c1-11-6-12(2)19(13(3)7-11)15-8-14(4)20(21)16(9-15)17(22-5)10-18(23)24;1-12(13)8-14(9-12)5-6-15-4-2-3-10(7-16)11(15)17;1-4(2)3;1-4-2-3-5/h6-9,17,22H,10H2,1-5H3,(H,23,24);2-4,7H,5-6,8-9H2,1H3;4H,1-3H3;3-4H,2H2,1H3. The summed E-state index contributed by atoms with van der Waals surface area (Å²) < 4.78 is 29.3. The summed E-state index contributed by atoms with van der Waals surface area (Å²) in [6, 6.07) is 10.4. The number of carbonyl (C=O) groups excluding carboxylic acids is 2. The van der Waals surface area contributed by atoms with E-state index in [2.05, 4.69) is 50.5 Å². The number of pyridine rings is 1. The third-order valence-corrected chi connectivity index (χ3v) is 7.58. The second kappa shape index (κ2) is 21.2. The number of nitrogens with one attached hydrogen (secondary N) is 2. The van der Waals surface area contributed by atoms with Crippen molar-refractivity contribution < 1.29 is 28.3 Å². The molecule has 1 atom stereocenters. The molecule has 11 heteroatoms. The molecule has 1 aliphatic heterocycles. The van der Waals surface area contributed by atoms with E-state index in [0.29, 0.717) is 50.1 Å². The van der Waals surface area contributed by atoms with Crippen molar-refractivity contribution in [2.24, 2.45) is 5.92 Å². The molecule has 0 saturated carbocycles. The number of rotatable bonds is 11. The quantitative estimate of drug-likeness (QED) is 0.202. The highest BCUT2D eigenvalue weighted by Crippen LogP contribution is 2.33. The second-order valence-corrected chi connectivity index (χ2v) is 13.6. The number of nitrogens with zero attached hydrogens (tertiary/aromatic N) is 2. The maximum atomic E-state index is 14.6. The zero-order valence-electron chi connectivity index (χ0n) is 31.3. The van der Waals surface area contributed by atoms with Crippen LogP contribution in [0.4, 0.5) is 8.78 Å². The number of halogens is 2. The van der Waals surface area contributed by atoms with Gasteiger partial charge in [0.15, 0.2) is 6.29 Å². The van der Waals surface area contributed by atoms with Gasteiger partial charge in [-0.3, -0.25) is 19.3 Å². The molecule has 0 aliphatic carbocycles. The van der Waals surface area contributed by atoms with Crippen molar-refractivity contribution in [3.63, 3.8) is 0 Å². The Morgan fingerprint density at radius 3 is 2.02 bits per heavy atom. The lowest BCUT2D eigenvalue weighted by atomic mass is 9.89. The Labute approximate surface area is 296 Å². The molecule has 2 heterocycles. The molecule has 9 nitrogen and oxygen atoms in total.